The number of aromatic nitrogens is 2. The Morgan fingerprint density at radius 2 is 1.93 bits per heavy atom. The minimum absolute atomic E-state index is 0.0101. The summed E-state index contributed by atoms with van der Waals surface area (Å²) in [6, 6.07) is 15.6. The van der Waals surface area contributed by atoms with E-state index in [0.717, 1.165) is 5.56 Å². The summed E-state index contributed by atoms with van der Waals surface area (Å²) in [5.41, 5.74) is 0.426. The van der Waals surface area contributed by atoms with Crippen molar-refractivity contribution in [3.8, 4) is 5.75 Å². The fourth-order valence-electron chi connectivity index (χ4n) is 2.53. The van der Waals surface area contributed by atoms with Crippen LogP contribution in [0.15, 0.2) is 65.5 Å². The normalized spacial score (nSPS) is 10.3. The van der Waals surface area contributed by atoms with E-state index < -0.39 is 10.8 Å². The van der Waals surface area contributed by atoms with Gasteiger partial charge in [0, 0.05) is 18.2 Å². The van der Waals surface area contributed by atoms with E-state index >= 15 is 0 Å². The lowest BCUT2D eigenvalue weighted by atomic mass is 10.2. The van der Waals surface area contributed by atoms with Crippen LogP contribution in [-0.2, 0) is 6.54 Å². The van der Waals surface area contributed by atoms with Crippen LogP contribution in [0.25, 0.3) is 0 Å². The van der Waals surface area contributed by atoms with Gasteiger partial charge in [-0.2, -0.15) is 5.10 Å². The molecule has 1 aromatic heterocycles. The molecule has 0 unspecified atom stereocenters. The van der Waals surface area contributed by atoms with Gasteiger partial charge in [0.05, 0.1) is 24.3 Å². The van der Waals surface area contributed by atoms with Crippen LogP contribution in [0.4, 0.5) is 11.4 Å². The smallest absolute Gasteiger partial charge is 0.276 e. The molecule has 2 aromatic carbocycles. The van der Waals surface area contributed by atoms with E-state index in [1.165, 1.54) is 42.1 Å². The number of nitrogens with one attached hydrogen (secondary N) is 1. The second kappa shape index (κ2) is 8.12. The molecule has 9 nitrogen and oxygen atoms in total. The monoisotopic (exact) mass is 380 g/mol. The molecule has 1 N–H and O–H groups in total. The van der Waals surface area contributed by atoms with E-state index in [2.05, 4.69) is 10.4 Å². The first kappa shape index (κ1) is 18.8. The molecule has 3 aromatic rings. The van der Waals surface area contributed by atoms with Gasteiger partial charge < -0.3 is 10.1 Å². The maximum Gasteiger partial charge on any atom is 0.276 e. The van der Waals surface area contributed by atoms with Crippen LogP contribution in [0.3, 0.4) is 0 Å². The van der Waals surface area contributed by atoms with Gasteiger partial charge >= 0.3 is 0 Å². The third kappa shape index (κ3) is 4.21. The van der Waals surface area contributed by atoms with Crippen molar-refractivity contribution in [3.63, 3.8) is 0 Å². The van der Waals surface area contributed by atoms with Crippen molar-refractivity contribution < 1.29 is 14.5 Å². The first-order valence-corrected chi connectivity index (χ1v) is 8.24. The first-order valence-electron chi connectivity index (χ1n) is 8.24. The summed E-state index contributed by atoms with van der Waals surface area (Å²) in [6.07, 6.45) is 0. The van der Waals surface area contributed by atoms with Crippen molar-refractivity contribution in [2.75, 3.05) is 12.4 Å². The predicted octanol–water partition coefficient (Wildman–Crippen LogP) is 2.46. The van der Waals surface area contributed by atoms with Crippen LogP contribution in [0, 0.1) is 10.1 Å². The molecule has 9 heteroatoms. The van der Waals surface area contributed by atoms with E-state index in [1.54, 1.807) is 0 Å². The fraction of sp³-hybridized carbons (Fsp3) is 0.105. The van der Waals surface area contributed by atoms with E-state index in [9.17, 15) is 19.7 Å². The summed E-state index contributed by atoms with van der Waals surface area (Å²) in [5.74, 6) is -0.364. The Hall–Kier alpha value is -4.01. The number of methoxy groups -OCH3 is 1. The standard InChI is InChI=1S/C19H16N4O5/c1-28-17-9-7-14(23(26)27)11-16(17)20-19(25)15-8-10-18(24)22(21-15)12-13-5-3-2-4-6-13/h2-11H,12H2,1H3,(H,20,25). The number of non-ortho nitro benzene ring substituents is 1. The van der Waals surface area contributed by atoms with Gasteiger partial charge in [-0.25, -0.2) is 4.68 Å². The number of carbonyl (C=O) groups excluding carboxylic acids is 1. The molecule has 3 rings (SSSR count). The summed E-state index contributed by atoms with van der Waals surface area (Å²) in [4.78, 5) is 35.0. The minimum Gasteiger partial charge on any atom is -0.495 e. The van der Waals surface area contributed by atoms with Crippen LogP contribution in [-0.4, -0.2) is 27.7 Å². The second-order valence-corrected chi connectivity index (χ2v) is 5.80. The molecule has 0 saturated heterocycles. The molecule has 0 aliphatic heterocycles. The van der Waals surface area contributed by atoms with Crippen molar-refractivity contribution in [1.82, 2.24) is 9.78 Å². The van der Waals surface area contributed by atoms with Gasteiger partial charge in [-0.3, -0.25) is 19.7 Å². The lowest BCUT2D eigenvalue weighted by molar-refractivity contribution is -0.384. The average Bonchev–Trinajstić information content (AvgIpc) is 2.70. The minimum atomic E-state index is -0.624. The summed E-state index contributed by atoms with van der Waals surface area (Å²) in [5, 5.41) is 17.6. The van der Waals surface area contributed by atoms with Crippen LogP contribution in [0.1, 0.15) is 16.1 Å². The molecule has 0 aliphatic rings. The van der Waals surface area contributed by atoms with E-state index in [0.29, 0.717) is 0 Å². The zero-order valence-electron chi connectivity index (χ0n) is 14.9. The number of carbonyl (C=O) groups is 1. The third-order valence-corrected chi connectivity index (χ3v) is 3.92. The van der Waals surface area contributed by atoms with Crippen molar-refractivity contribution in [2.24, 2.45) is 0 Å². The molecule has 0 fully saturated rings. The molecule has 1 heterocycles. The number of ether oxygens (including phenoxy) is 1. The molecule has 1 amide bonds. The number of hydrogen-bond acceptors (Lipinski definition) is 6. The van der Waals surface area contributed by atoms with Crippen molar-refractivity contribution in [2.45, 2.75) is 6.54 Å². The SMILES string of the molecule is COc1ccc([N+](=O)[O-])cc1NC(=O)c1ccc(=O)n(Cc2ccccc2)n1. The first-order chi connectivity index (χ1) is 13.5. The maximum absolute atomic E-state index is 12.6. The van der Waals surface area contributed by atoms with Crippen molar-refractivity contribution in [1.29, 1.82) is 0 Å². The quantitative estimate of drug-likeness (QED) is 0.519. The molecule has 28 heavy (non-hydrogen) atoms. The van der Waals surface area contributed by atoms with Gasteiger partial charge in [0.15, 0.2) is 0 Å². The van der Waals surface area contributed by atoms with E-state index in [4.69, 9.17) is 4.74 Å². The molecule has 0 atom stereocenters. The number of nitro benzene ring substituents is 1. The van der Waals surface area contributed by atoms with Gasteiger partial charge in [0.25, 0.3) is 17.2 Å². The third-order valence-electron chi connectivity index (χ3n) is 3.92. The maximum atomic E-state index is 12.6. The van der Waals surface area contributed by atoms with E-state index in [1.807, 2.05) is 30.3 Å². The van der Waals surface area contributed by atoms with Gasteiger partial charge in [0.1, 0.15) is 11.4 Å². The highest BCUT2D eigenvalue weighted by Crippen LogP contribution is 2.29. The lowest BCUT2D eigenvalue weighted by Gasteiger charge is -2.11. The number of amides is 1. The molecule has 0 bridgehead atoms. The Kier molecular flexibility index (Phi) is 5.45. The molecule has 142 valence electrons. The highest BCUT2D eigenvalue weighted by atomic mass is 16.6. The number of benzene rings is 2. The van der Waals surface area contributed by atoms with Gasteiger partial charge in [-0.15, -0.1) is 0 Å². The summed E-state index contributed by atoms with van der Waals surface area (Å²) in [6.45, 7) is 0.209. The molecular formula is C19H16N4O5. The Balaban J connectivity index is 1.87. The number of nitrogens with zero attached hydrogens (tertiary/aromatic N) is 3. The molecular weight excluding hydrogens is 364 g/mol. The van der Waals surface area contributed by atoms with Gasteiger partial charge in [-0.05, 0) is 17.7 Å². The van der Waals surface area contributed by atoms with Crippen molar-refractivity contribution in [3.05, 3.63) is 92.4 Å². The molecule has 0 radical (unpaired) electrons. The number of hydrogen-bond donors (Lipinski definition) is 1. The zero-order chi connectivity index (χ0) is 20.1. The Morgan fingerprint density at radius 1 is 1.18 bits per heavy atom. The highest BCUT2D eigenvalue weighted by molar-refractivity contribution is 6.03. The second-order valence-electron chi connectivity index (χ2n) is 5.80. The Bertz CT molecular complexity index is 1080. The Morgan fingerprint density at radius 3 is 2.61 bits per heavy atom. The summed E-state index contributed by atoms with van der Waals surface area (Å²) < 4.78 is 6.30. The largest absolute Gasteiger partial charge is 0.495 e. The lowest BCUT2D eigenvalue weighted by Crippen LogP contribution is -2.26. The number of nitro groups is 1. The summed E-state index contributed by atoms with van der Waals surface area (Å²) in [7, 11) is 1.38. The van der Waals surface area contributed by atoms with Crippen LogP contribution < -0.4 is 15.6 Å². The topological polar surface area (TPSA) is 116 Å². The molecule has 0 saturated carbocycles. The Labute approximate surface area is 159 Å². The highest BCUT2D eigenvalue weighted by Gasteiger charge is 2.16. The van der Waals surface area contributed by atoms with Gasteiger partial charge in [0.2, 0.25) is 0 Å². The number of rotatable bonds is 6. The molecule has 0 aliphatic carbocycles. The summed E-state index contributed by atoms with van der Waals surface area (Å²) >= 11 is 0. The van der Waals surface area contributed by atoms with Crippen LogP contribution in [0.5, 0.6) is 5.75 Å². The molecule has 0 spiro atoms. The zero-order valence-corrected chi connectivity index (χ0v) is 14.9. The fourth-order valence-corrected chi connectivity index (χ4v) is 2.53. The van der Waals surface area contributed by atoms with Gasteiger partial charge in [-0.1, -0.05) is 30.3 Å². The number of anilines is 1. The van der Waals surface area contributed by atoms with Crippen molar-refractivity contribution >= 4 is 17.3 Å². The van der Waals surface area contributed by atoms with Crippen LogP contribution in [0.2, 0.25) is 0 Å². The predicted molar refractivity (Wildman–Crippen MR) is 102 cm³/mol. The average molecular weight is 380 g/mol. The van der Waals surface area contributed by atoms with E-state index in [-0.39, 0.29) is 34.9 Å². The van der Waals surface area contributed by atoms with Crippen LogP contribution >= 0.6 is 0 Å².